The fourth-order valence-electron chi connectivity index (χ4n) is 2.94. The van der Waals surface area contributed by atoms with Gasteiger partial charge in [-0.25, -0.2) is 9.48 Å². The van der Waals surface area contributed by atoms with Gasteiger partial charge in [-0.05, 0) is 12.5 Å². The van der Waals surface area contributed by atoms with Crippen LogP contribution >= 0.6 is 0 Å². The summed E-state index contributed by atoms with van der Waals surface area (Å²) in [6, 6.07) is 11.5. The highest BCUT2D eigenvalue weighted by Crippen LogP contribution is 2.22. The van der Waals surface area contributed by atoms with E-state index in [4.69, 9.17) is 9.47 Å². The Labute approximate surface area is 162 Å². The summed E-state index contributed by atoms with van der Waals surface area (Å²) in [5.41, 5.74) is 0.278. The minimum atomic E-state index is -1.08. The van der Waals surface area contributed by atoms with Crippen LogP contribution in [0.25, 0.3) is 0 Å². The minimum Gasteiger partial charge on any atom is -0.442 e. The van der Waals surface area contributed by atoms with Crippen molar-refractivity contribution in [3.05, 3.63) is 64.1 Å². The van der Waals surface area contributed by atoms with Crippen LogP contribution in [-0.4, -0.2) is 52.9 Å². The Morgan fingerprint density at radius 1 is 1.14 bits per heavy atom. The molecule has 1 amide bonds. The monoisotopic (exact) mass is 385 g/mol. The molecule has 8 heteroatoms. The number of nitrogens with zero attached hydrogens (tertiary/aromatic N) is 3. The van der Waals surface area contributed by atoms with Crippen molar-refractivity contribution in [3.8, 4) is 0 Å². The Balaban J connectivity index is 1.85. The number of hydrogen-bond acceptors (Lipinski definition) is 6. The predicted molar refractivity (Wildman–Crippen MR) is 101 cm³/mol. The molecule has 2 heterocycles. The lowest BCUT2D eigenvalue weighted by Gasteiger charge is -2.30. The van der Waals surface area contributed by atoms with E-state index in [0.29, 0.717) is 44.8 Å². The van der Waals surface area contributed by atoms with Gasteiger partial charge in [-0.2, -0.15) is 5.10 Å². The SMILES string of the molecule is CCCn1nc(C(=O)OC(C(=O)N2CCOCC2)c2ccccc2)ccc1=O. The van der Waals surface area contributed by atoms with Gasteiger partial charge >= 0.3 is 5.97 Å². The van der Waals surface area contributed by atoms with Crippen LogP contribution in [0.4, 0.5) is 0 Å². The number of aryl methyl sites for hydroxylation is 1. The maximum Gasteiger partial charge on any atom is 0.359 e. The zero-order valence-corrected chi connectivity index (χ0v) is 15.7. The molecular formula is C20H23N3O5. The lowest BCUT2D eigenvalue weighted by molar-refractivity contribution is -0.145. The summed E-state index contributed by atoms with van der Waals surface area (Å²) in [6.45, 7) is 4.09. The summed E-state index contributed by atoms with van der Waals surface area (Å²) in [5, 5.41) is 4.07. The first-order valence-electron chi connectivity index (χ1n) is 9.30. The number of hydrogen-bond donors (Lipinski definition) is 0. The fourth-order valence-corrected chi connectivity index (χ4v) is 2.94. The first kappa shape index (κ1) is 19.8. The van der Waals surface area contributed by atoms with Crippen molar-refractivity contribution in [2.45, 2.75) is 26.0 Å². The van der Waals surface area contributed by atoms with Gasteiger partial charge in [-0.1, -0.05) is 37.3 Å². The molecule has 1 unspecified atom stereocenters. The zero-order chi connectivity index (χ0) is 19.9. The van der Waals surface area contributed by atoms with E-state index in [1.807, 2.05) is 13.0 Å². The van der Waals surface area contributed by atoms with Gasteiger partial charge in [0, 0.05) is 31.3 Å². The largest absolute Gasteiger partial charge is 0.442 e. The molecule has 0 N–H and O–H groups in total. The zero-order valence-electron chi connectivity index (χ0n) is 15.7. The normalized spacial score (nSPS) is 15.1. The number of ether oxygens (including phenoxy) is 2. The summed E-state index contributed by atoms with van der Waals surface area (Å²) in [4.78, 5) is 39.1. The summed E-state index contributed by atoms with van der Waals surface area (Å²) >= 11 is 0. The number of rotatable bonds is 6. The molecule has 2 aromatic rings. The molecule has 28 heavy (non-hydrogen) atoms. The molecule has 8 nitrogen and oxygen atoms in total. The van der Waals surface area contributed by atoms with E-state index in [-0.39, 0.29) is 17.2 Å². The van der Waals surface area contributed by atoms with Crippen LogP contribution in [0.15, 0.2) is 47.3 Å². The molecule has 1 fully saturated rings. The Bertz CT molecular complexity index is 875. The number of esters is 1. The van der Waals surface area contributed by atoms with Gasteiger partial charge in [0.05, 0.1) is 13.2 Å². The topological polar surface area (TPSA) is 90.7 Å². The van der Waals surface area contributed by atoms with Gasteiger partial charge < -0.3 is 14.4 Å². The molecule has 1 aromatic heterocycles. The van der Waals surface area contributed by atoms with Gasteiger partial charge in [0.2, 0.25) is 6.10 Å². The van der Waals surface area contributed by atoms with E-state index < -0.39 is 12.1 Å². The number of amides is 1. The van der Waals surface area contributed by atoms with Crippen molar-refractivity contribution in [1.29, 1.82) is 0 Å². The average molecular weight is 385 g/mol. The Morgan fingerprint density at radius 3 is 2.54 bits per heavy atom. The third-order valence-corrected chi connectivity index (χ3v) is 4.39. The summed E-state index contributed by atoms with van der Waals surface area (Å²) in [5.74, 6) is -1.05. The molecule has 0 aliphatic carbocycles. The fraction of sp³-hybridized carbons (Fsp3) is 0.400. The molecule has 0 saturated carbocycles. The molecule has 3 rings (SSSR count). The number of carbonyl (C=O) groups is 2. The standard InChI is InChI=1S/C20H23N3O5/c1-2-10-23-17(24)9-8-16(21-23)20(26)28-18(15-6-4-3-5-7-15)19(25)22-11-13-27-14-12-22/h3-9,18H,2,10-14H2,1H3. The van der Waals surface area contributed by atoms with Crippen molar-refractivity contribution >= 4 is 11.9 Å². The van der Waals surface area contributed by atoms with E-state index in [0.717, 1.165) is 0 Å². The van der Waals surface area contributed by atoms with Gasteiger partial charge in [0.25, 0.3) is 11.5 Å². The third-order valence-electron chi connectivity index (χ3n) is 4.39. The summed E-state index contributed by atoms with van der Waals surface area (Å²) in [6.07, 6.45) is -0.381. The molecule has 0 spiro atoms. The number of morpholine rings is 1. The molecular weight excluding hydrogens is 362 g/mol. The quantitative estimate of drug-likeness (QED) is 0.699. The van der Waals surface area contributed by atoms with Gasteiger partial charge in [0.15, 0.2) is 5.69 Å². The molecule has 1 saturated heterocycles. The molecule has 0 bridgehead atoms. The van der Waals surface area contributed by atoms with E-state index in [2.05, 4.69) is 5.10 Å². The Hall–Kier alpha value is -3.00. The van der Waals surface area contributed by atoms with Crippen LogP contribution < -0.4 is 5.56 Å². The summed E-state index contributed by atoms with van der Waals surface area (Å²) in [7, 11) is 0. The van der Waals surface area contributed by atoms with Crippen molar-refractivity contribution < 1.29 is 19.1 Å². The highest BCUT2D eigenvalue weighted by Gasteiger charge is 2.31. The van der Waals surface area contributed by atoms with Crippen LogP contribution in [0.2, 0.25) is 0 Å². The highest BCUT2D eigenvalue weighted by atomic mass is 16.5. The highest BCUT2D eigenvalue weighted by molar-refractivity contribution is 5.91. The molecule has 1 aliphatic rings. The molecule has 1 aliphatic heterocycles. The van der Waals surface area contributed by atoms with Gasteiger partial charge in [0.1, 0.15) is 0 Å². The van der Waals surface area contributed by atoms with E-state index in [1.54, 1.807) is 29.2 Å². The molecule has 1 aromatic carbocycles. The maximum absolute atomic E-state index is 13.0. The molecule has 0 radical (unpaired) electrons. The van der Waals surface area contributed by atoms with E-state index >= 15 is 0 Å². The second-order valence-corrected chi connectivity index (χ2v) is 6.41. The lowest BCUT2D eigenvalue weighted by Crippen LogP contribution is -2.44. The Morgan fingerprint density at radius 2 is 1.86 bits per heavy atom. The smallest absolute Gasteiger partial charge is 0.359 e. The summed E-state index contributed by atoms with van der Waals surface area (Å²) < 4.78 is 12.1. The average Bonchev–Trinajstić information content (AvgIpc) is 2.74. The van der Waals surface area contributed by atoms with Crippen LogP contribution in [0.5, 0.6) is 0 Å². The van der Waals surface area contributed by atoms with Gasteiger partial charge in [-0.3, -0.25) is 9.59 Å². The predicted octanol–water partition coefficient (Wildman–Crippen LogP) is 1.41. The second kappa shape index (κ2) is 9.27. The van der Waals surface area contributed by atoms with Gasteiger partial charge in [-0.15, -0.1) is 0 Å². The van der Waals surface area contributed by atoms with Crippen molar-refractivity contribution in [2.24, 2.45) is 0 Å². The molecule has 148 valence electrons. The third kappa shape index (κ3) is 4.64. The molecule has 1 atom stereocenters. The Kier molecular flexibility index (Phi) is 6.54. The van der Waals surface area contributed by atoms with Crippen LogP contribution in [0.1, 0.15) is 35.5 Å². The minimum absolute atomic E-state index is 0.0104. The van der Waals surface area contributed by atoms with Crippen LogP contribution in [0.3, 0.4) is 0 Å². The number of benzene rings is 1. The first-order valence-corrected chi connectivity index (χ1v) is 9.30. The lowest BCUT2D eigenvalue weighted by atomic mass is 10.1. The van der Waals surface area contributed by atoms with Crippen LogP contribution in [-0.2, 0) is 20.8 Å². The van der Waals surface area contributed by atoms with Crippen molar-refractivity contribution in [2.75, 3.05) is 26.3 Å². The number of aromatic nitrogens is 2. The van der Waals surface area contributed by atoms with E-state index in [1.165, 1.54) is 16.8 Å². The van der Waals surface area contributed by atoms with Crippen LogP contribution in [0, 0.1) is 0 Å². The van der Waals surface area contributed by atoms with E-state index in [9.17, 15) is 14.4 Å². The van der Waals surface area contributed by atoms with Crippen molar-refractivity contribution in [1.82, 2.24) is 14.7 Å². The van der Waals surface area contributed by atoms with Crippen molar-refractivity contribution in [3.63, 3.8) is 0 Å². The second-order valence-electron chi connectivity index (χ2n) is 6.41. The number of carbonyl (C=O) groups excluding carboxylic acids is 2. The first-order chi connectivity index (χ1) is 13.6. The maximum atomic E-state index is 13.0.